The Morgan fingerprint density at radius 2 is 2.06 bits per heavy atom. The maximum Gasteiger partial charge on any atom is 0.305 e. The van der Waals surface area contributed by atoms with Gasteiger partial charge in [0.25, 0.3) is 5.91 Å². The quantitative estimate of drug-likeness (QED) is 0.852. The number of carboxylic acids is 1. The number of carbonyl (C=O) groups excluding carboxylic acids is 1. The lowest BCUT2D eigenvalue weighted by atomic mass is 10.2. The van der Waals surface area contributed by atoms with E-state index < -0.39 is 5.97 Å². The maximum atomic E-state index is 12.1. The fourth-order valence-corrected chi connectivity index (χ4v) is 1.50. The molecule has 0 saturated carbocycles. The van der Waals surface area contributed by atoms with Crippen molar-refractivity contribution in [2.45, 2.75) is 33.2 Å². The van der Waals surface area contributed by atoms with E-state index in [4.69, 9.17) is 9.52 Å². The van der Waals surface area contributed by atoms with E-state index in [2.05, 4.69) is 0 Å². The maximum absolute atomic E-state index is 12.1. The summed E-state index contributed by atoms with van der Waals surface area (Å²) in [5.41, 5.74) is 0. The van der Waals surface area contributed by atoms with E-state index in [0.717, 1.165) is 0 Å². The third kappa shape index (κ3) is 3.62. The molecule has 1 heterocycles. The van der Waals surface area contributed by atoms with Gasteiger partial charge in [0.15, 0.2) is 5.76 Å². The van der Waals surface area contributed by atoms with Crippen LogP contribution in [0.2, 0.25) is 0 Å². The van der Waals surface area contributed by atoms with Crippen LogP contribution in [0.4, 0.5) is 0 Å². The number of furan rings is 1. The molecule has 5 nitrogen and oxygen atoms in total. The van der Waals surface area contributed by atoms with Crippen molar-refractivity contribution in [1.29, 1.82) is 0 Å². The fourth-order valence-electron chi connectivity index (χ4n) is 1.50. The summed E-state index contributed by atoms with van der Waals surface area (Å²) in [6, 6.07) is 3.25. The SMILES string of the molecule is Cc1ccc(C(=O)N(CCC(=O)O)C(C)C)o1. The highest BCUT2D eigenvalue weighted by Crippen LogP contribution is 2.12. The third-order valence-corrected chi connectivity index (χ3v) is 2.40. The molecule has 0 fully saturated rings. The Hall–Kier alpha value is -1.78. The number of hydrogen-bond acceptors (Lipinski definition) is 3. The molecule has 17 heavy (non-hydrogen) atoms. The minimum atomic E-state index is -0.918. The molecule has 0 unspecified atom stereocenters. The minimum absolute atomic E-state index is 0.0627. The normalized spacial score (nSPS) is 10.6. The molecule has 0 aliphatic carbocycles. The molecular weight excluding hydrogens is 222 g/mol. The van der Waals surface area contributed by atoms with Crippen molar-refractivity contribution in [3.05, 3.63) is 23.7 Å². The zero-order valence-corrected chi connectivity index (χ0v) is 10.3. The first-order chi connectivity index (χ1) is 7.91. The molecule has 0 aromatic carbocycles. The molecule has 1 rings (SSSR count). The molecule has 1 aromatic rings. The summed E-state index contributed by atoms with van der Waals surface area (Å²) in [6.45, 7) is 5.63. The lowest BCUT2D eigenvalue weighted by Gasteiger charge is -2.25. The summed E-state index contributed by atoms with van der Waals surface area (Å²) < 4.78 is 5.24. The predicted octanol–water partition coefficient (Wildman–Crippen LogP) is 1.91. The Bertz CT molecular complexity index is 408. The van der Waals surface area contributed by atoms with Crippen molar-refractivity contribution in [1.82, 2.24) is 4.90 Å². The molecular formula is C12H17NO4. The summed E-state index contributed by atoms with van der Waals surface area (Å²) in [5.74, 6) is -0.273. The van der Waals surface area contributed by atoms with E-state index in [9.17, 15) is 9.59 Å². The van der Waals surface area contributed by atoms with E-state index in [1.807, 2.05) is 13.8 Å². The Morgan fingerprint density at radius 1 is 1.41 bits per heavy atom. The molecule has 0 radical (unpaired) electrons. The standard InChI is InChI=1S/C12H17NO4/c1-8(2)13(7-6-11(14)15)12(16)10-5-4-9(3)17-10/h4-5,8H,6-7H2,1-3H3,(H,14,15). The van der Waals surface area contributed by atoms with Gasteiger partial charge in [0.2, 0.25) is 0 Å². The van der Waals surface area contributed by atoms with Crippen LogP contribution in [0.1, 0.15) is 36.6 Å². The van der Waals surface area contributed by atoms with Gasteiger partial charge >= 0.3 is 5.97 Å². The molecule has 0 aliphatic heterocycles. The van der Waals surface area contributed by atoms with Crippen LogP contribution in [0, 0.1) is 6.92 Å². The molecule has 94 valence electrons. The monoisotopic (exact) mass is 239 g/mol. The predicted molar refractivity (Wildman–Crippen MR) is 61.9 cm³/mol. The average molecular weight is 239 g/mol. The van der Waals surface area contributed by atoms with Gasteiger partial charge in [-0.15, -0.1) is 0 Å². The Balaban J connectivity index is 2.77. The van der Waals surface area contributed by atoms with Gasteiger partial charge < -0.3 is 14.4 Å². The Labute approximate surface area is 100 Å². The van der Waals surface area contributed by atoms with Crippen LogP contribution in [0.25, 0.3) is 0 Å². The fraction of sp³-hybridized carbons (Fsp3) is 0.500. The third-order valence-electron chi connectivity index (χ3n) is 2.40. The summed E-state index contributed by atoms with van der Waals surface area (Å²) in [7, 11) is 0. The van der Waals surface area contributed by atoms with Gasteiger partial charge in [-0.25, -0.2) is 0 Å². The molecule has 1 amide bonds. The Morgan fingerprint density at radius 3 is 2.47 bits per heavy atom. The number of carbonyl (C=O) groups is 2. The molecule has 0 saturated heterocycles. The van der Waals surface area contributed by atoms with Gasteiger partial charge in [-0.3, -0.25) is 9.59 Å². The van der Waals surface area contributed by atoms with Crippen molar-refractivity contribution < 1.29 is 19.1 Å². The van der Waals surface area contributed by atoms with Gasteiger partial charge in [-0.2, -0.15) is 0 Å². The topological polar surface area (TPSA) is 70.8 Å². The van der Waals surface area contributed by atoms with Crippen LogP contribution >= 0.6 is 0 Å². The molecule has 1 aromatic heterocycles. The van der Waals surface area contributed by atoms with Crippen molar-refractivity contribution in [2.24, 2.45) is 0 Å². The van der Waals surface area contributed by atoms with E-state index >= 15 is 0 Å². The van der Waals surface area contributed by atoms with Gasteiger partial charge in [0.1, 0.15) is 5.76 Å². The summed E-state index contributed by atoms with van der Waals surface area (Å²) >= 11 is 0. The zero-order valence-electron chi connectivity index (χ0n) is 10.3. The van der Waals surface area contributed by atoms with E-state index in [1.54, 1.807) is 19.1 Å². The van der Waals surface area contributed by atoms with Crippen LogP contribution < -0.4 is 0 Å². The van der Waals surface area contributed by atoms with Crippen LogP contribution in [0.15, 0.2) is 16.5 Å². The first kappa shape index (κ1) is 13.3. The molecule has 0 atom stereocenters. The molecule has 0 spiro atoms. The van der Waals surface area contributed by atoms with Crippen molar-refractivity contribution in [3.8, 4) is 0 Å². The number of rotatable bonds is 5. The second-order valence-electron chi connectivity index (χ2n) is 4.15. The average Bonchev–Trinajstić information content (AvgIpc) is 2.63. The van der Waals surface area contributed by atoms with Crippen molar-refractivity contribution in [2.75, 3.05) is 6.54 Å². The molecule has 5 heteroatoms. The van der Waals surface area contributed by atoms with E-state index in [-0.39, 0.29) is 30.7 Å². The van der Waals surface area contributed by atoms with Crippen LogP contribution in [-0.2, 0) is 4.79 Å². The van der Waals surface area contributed by atoms with E-state index in [0.29, 0.717) is 5.76 Å². The van der Waals surface area contributed by atoms with Crippen LogP contribution in [0.5, 0.6) is 0 Å². The number of nitrogens with zero attached hydrogens (tertiary/aromatic N) is 1. The molecule has 1 N–H and O–H groups in total. The van der Waals surface area contributed by atoms with Gasteiger partial charge in [0.05, 0.1) is 6.42 Å². The highest BCUT2D eigenvalue weighted by molar-refractivity contribution is 5.92. The lowest BCUT2D eigenvalue weighted by Crippen LogP contribution is -2.38. The molecule has 0 aliphatic rings. The number of amides is 1. The lowest BCUT2D eigenvalue weighted by molar-refractivity contribution is -0.137. The summed E-state index contributed by atoms with van der Waals surface area (Å²) in [6.07, 6.45) is -0.0659. The smallest absolute Gasteiger partial charge is 0.305 e. The van der Waals surface area contributed by atoms with E-state index in [1.165, 1.54) is 4.90 Å². The van der Waals surface area contributed by atoms with Crippen molar-refractivity contribution in [3.63, 3.8) is 0 Å². The Kier molecular flexibility index (Phi) is 4.31. The highest BCUT2D eigenvalue weighted by atomic mass is 16.4. The second-order valence-corrected chi connectivity index (χ2v) is 4.15. The van der Waals surface area contributed by atoms with Gasteiger partial charge in [-0.05, 0) is 32.9 Å². The number of carboxylic acid groups (broad SMARTS) is 1. The van der Waals surface area contributed by atoms with Crippen LogP contribution in [-0.4, -0.2) is 34.5 Å². The highest BCUT2D eigenvalue weighted by Gasteiger charge is 2.21. The first-order valence-corrected chi connectivity index (χ1v) is 5.51. The zero-order chi connectivity index (χ0) is 13.0. The first-order valence-electron chi connectivity index (χ1n) is 5.51. The summed E-state index contributed by atoms with van der Waals surface area (Å²) in [4.78, 5) is 24.1. The second kappa shape index (κ2) is 5.52. The van der Waals surface area contributed by atoms with Crippen LogP contribution in [0.3, 0.4) is 0 Å². The van der Waals surface area contributed by atoms with Crippen molar-refractivity contribution >= 4 is 11.9 Å². The number of hydrogen-bond donors (Lipinski definition) is 1. The van der Waals surface area contributed by atoms with Gasteiger partial charge in [-0.1, -0.05) is 0 Å². The summed E-state index contributed by atoms with van der Waals surface area (Å²) in [5, 5.41) is 8.64. The number of aliphatic carboxylic acids is 1. The minimum Gasteiger partial charge on any atom is -0.481 e. The molecule has 0 bridgehead atoms. The van der Waals surface area contributed by atoms with Gasteiger partial charge in [0, 0.05) is 12.6 Å². The number of aryl methyl sites for hydroxylation is 1. The largest absolute Gasteiger partial charge is 0.481 e.